The number of esters is 1. The molecule has 0 aliphatic heterocycles. The molecule has 1 aliphatic rings. The lowest BCUT2D eigenvalue weighted by Gasteiger charge is -2.12. The van der Waals surface area contributed by atoms with Gasteiger partial charge in [-0.25, -0.2) is 9.59 Å². The zero-order valence-electron chi connectivity index (χ0n) is 22.3. The summed E-state index contributed by atoms with van der Waals surface area (Å²) in [5.74, 6) is 0.444. The number of aromatic nitrogens is 2. The van der Waals surface area contributed by atoms with Crippen molar-refractivity contribution in [3.63, 3.8) is 0 Å². The van der Waals surface area contributed by atoms with Crippen molar-refractivity contribution in [3.8, 4) is 5.75 Å². The Labute approximate surface area is 221 Å². The Morgan fingerprint density at radius 2 is 1.79 bits per heavy atom. The summed E-state index contributed by atoms with van der Waals surface area (Å²) in [6.07, 6.45) is 4.26. The van der Waals surface area contributed by atoms with Crippen molar-refractivity contribution in [1.82, 2.24) is 20.0 Å². The van der Waals surface area contributed by atoms with Crippen LogP contribution in [0.5, 0.6) is 5.75 Å². The zero-order chi connectivity index (χ0) is 27.2. The minimum atomic E-state index is -0.476. The lowest BCUT2D eigenvalue weighted by molar-refractivity contribution is 0.0600. The first kappa shape index (κ1) is 27.0. The number of benzene rings is 2. The molecule has 1 aliphatic carbocycles. The molecular formula is C28H34N4O6. The van der Waals surface area contributed by atoms with Gasteiger partial charge in [0.25, 0.3) is 5.91 Å². The SMILES string of the molecule is COC(=O)c1ccc(Cn2nc(COC(=O)N(C)C)c3ccc(C(=O)NCC4CCCC4)cc32)c(OC)c1. The summed E-state index contributed by atoms with van der Waals surface area (Å²) in [4.78, 5) is 38.3. The number of hydrogen-bond donors (Lipinski definition) is 1. The second kappa shape index (κ2) is 12.0. The van der Waals surface area contributed by atoms with E-state index in [9.17, 15) is 14.4 Å². The summed E-state index contributed by atoms with van der Waals surface area (Å²) in [6, 6.07) is 10.5. The molecule has 202 valence electrons. The van der Waals surface area contributed by atoms with Crippen LogP contribution in [0.15, 0.2) is 36.4 Å². The fourth-order valence-electron chi connectivity index (χ4n) is 4.71. The zero-order valence-corrected chi connectivity index (χ0v) is 22.3. The van der Waals surface area contributed by atoms with E-state index in [1.165, 1.54) is 32.0 Å². The summed E-state index contributed by atoms with van der Waals surface area (Å²) in [5.41, 5.74) is 2.96. The van der Waals surface area contributed by atoms with E-state index in [0.717, 1.165) is 23.8 Å². The third-order valence-electron chi connectivity index (χ3n) is 6.84. The van der Waals surface area contributed by atoms with Crippen LogP contribution in [0, 0.1) is 5.92 Å². The van der Waals surface area contributed by atoms with E-state index in [-0.39, 0.29) is 12.5 Å². The molecule has 1 aromatic heterocycles. The summed E-state index contributed by atoms with van der Waals surface area (Å²) in [5, 5.41) is 8.56. The topological polar surface area (TPSA) is 112 Å². The van der Waals surface area contributed by atoms with Crippen molar-refractivity contribution < 1.29 is 28.6 Å². The number of carbonyl (C=O) groups is 3. The van der Waals surface area contributed by atoms with Gasteiger partial charge in [-0.15, -0.1) is 0 Å². The average Bonchev–Trinajstić information content (AvgIpc) is 3.57. The molecule has 0 bridgehead atoms. The molecule has 1 fully saturated rings. The van der Waals surface area contributed by atoms with Gasteiger partial charge in [0.2, 0.25) is 0 Å². The normalized spacial score (nSPS) is 13.4. The molecule has 1 saturated carbocycles. The molecule has 3 aromatic rings. The van der Waals surface area contributed by atoms with Crippen LogP contribution in [0.2, 0.25) is 0 Å². The second-order valence-electron chi connectivity index (χ2n) is 9.66. The Bertz CT molecular complexity index is 1330. The van der Waals surface area contributed by atoms with Crippen molar-refractivity contribution in [2.24, 2.45) is 5.92 Å². The Morgan fingerprint density at radius 1 is 1.05 bits per heavy atom. The minimum absolute atomic E-state index is 0.0217. The van der Waals surface area contributed by atoms with Gasteiger partial charge < -0.3 is 24.4 Å². The Balaban J connectivity index is 1.66. The maximum absolute atomic E-state index is 13.0. The van der Waals surface area contributed by atoms with Gasteiger partial charge in [0, 0.05) is 37.2 Å². The molecule has 1 N–H and O–H groups in total. The highest BCUT2D eigenvalue weighted by atomic mass is 16.6. The number of nitrogens with one attached hydrogen (secondary N) is 1. The summed E-state index contributed by atoms with van der Waals surface area (Å²) < 4.78 is 17.5. The van der Waals surface area contributed by atoms with Gasteiger partial charge in [-0.3, -0.25) is 9.48 Å². The summed E-state index contributed by atoms with van der Waals surface area (Å²) in [7, 11) is 6.07. The molecule has 38 heavy (non-hydrogen) atoms. The van der Waals surface area contributed by atoms with Gasteiger partial charge >= 0.3 is 12.1 Å². The molecule has 4 rings (SSSR count). The number of amides is 2. The van der Waals surface area contributed by atoms with E-state index < -0.39 is 12.1 Å². The van der Waals surface area contributed by atoms with Crippen molar-refractivity contribution >= 4 is 28.9 Å². The van der Waals surface area contributed by atoms with Gasteiger partial charge in [-0.2, -0.15) is 5.10 Å². The van der Waals surface area contributed by atoms with Gasteiger partial charge in [0.1, 0.15) is 18.1 Å². The molecule has 0 saturated heterocycles. The van der Waals surface area contributed by atoms with Gasteiger partial charge in [0.15, 0.2) is 0 Å². The fourth-order valence-corrected chi connectivity index (χ4v) is 4.71. The predicted molar refractivity (Wildman–Crippen MR) is 141 cm³/mol. The van der Waals surface area contributed by atoms with E-state index >= 15 is 0 Å². The number of hydrogen-bond acceptors (Lipinski definition) is 7. The van der Waals surface area contributed by atoms with Crippen molar-refractivity contribution in [2.75, 3.05) is 34.9 Å². The van der Waals surface area contributed by atoms with Crippen LogP contribution in [0.3, 0.4) is 0 Å². The van der Waals surface area contributed by atoms with E-state index in [2.05, 4.69) is 5.32 Å². The monoisotopic (exact) mass is 522 g/mol. The van der Waals surface area contributed by atoms with Gasteiger partial charge in [-0.05, 0) is 49.1 Å². The number of ether oxygens (including phenoxy) is 3. The standard InChI is InChI=1S/C28H34N4O6/c1-31(2)28(35)38-17-23-22-12-11-19(26(33)29-15-18-7-5-6-8-18)13-24(22)32(30-23)16-21-10-9-20(27(34)37-4)14-25(21)36-3/h9-14,18H,5-8,15-17H2,1-4H3,(H,29,33). The van der Waals surface area contributed by atoms with Crippen LogP contribution in [-0.4, -0.2) is 67.5 Å². The van der Waals surface area contributed by atoms with E-state index in [1.54, 1.807) is 49.1 Å². The third kappa shape index (κ3) is 6.07. The van der Waals surface area contributed by atoms with E-state index in [4.69, 9.17) is 19.3 Å². The van der Waals surface area contributed by atoms with Gasteiger partial charge in [-0.1, -0.05) is 18.9 Å². The lowest BCUT2D eigenvalue weighted by Crippen LogP contribution is -2.28. The number of nitrogens with zero attached hydrogens (tertiary/aromatic N) is 3. The Kier molecular flexibility index (Phi) is 8.50. The van der Waals surface area contributed by atoms with Gasteiger partial charge in [0.05, 0.1) is 31.8 Å². The number of rotatable bonds is 9. The molecule has 10 nitrogen and oxygen atoms in total. The first-order valence-corrected chi connectivity index (χ1v) is 12.7. The summed E-state index contributed by atoms with van der Waals surface area (Å²) in [6.45, 7) is 0.952. The molecule has 10 heteroatoms. The van der Waals surface area contributed by atoms with Crippen LogP contribution in [0.4, 0.5) is 4.79 Å². The molecule has 2 amide bonds. The van der Waals surface area contributed by atoms with Crippen LogP contribution in [-0.2, 0) is 22.6 Å². The molecule has 0 unspecified atom stereocenters. The lowest BCUT2D eigenvalue weighted by atomic mass is 10.1. The van der Waals surface area contributed by atoms with Crippen molar-refractivity contribution in [3.05, 3.63) is 58.8 Å². The Hall–Kier alpha value is -4.08. The maximum Gasteiger partial charge on any atom is 0.409 e. The fraction of sp³-hybridized carbons (Fsp3) is 0.429. The average molecular weight is 523 g/mol. The largest absolute Gasteiger partial charge is 0.496 e. The molecule has 0 radical (unpaired) electrons. The predicted octanol–water partition coefficient (Wildman–Crippen LogP) is 4.00. The minimum Gasteiger partial charge on any atom is -0.496 e. The van der Waals surface area contributed by atoms with E-state index in [0.29, 0.717) is 47.1 Å². The van der Waals surface area contributed by atoms with Crippen LogP contribution >= 0.6 is 0 Å². The molecule has 2 aromatic carbocycles. The molecule has 0 atom stereocenters. The first-order chi connectivity index (χ1) is 18.3. The maximum atomic E-state index is 13.0. The number of carbonyl (C=O) groups excluding carboxylic acids is 3. The molecular weight excluding hydrogens is 488 g/mol. The summed E-state index contributed by atoms with van der Waals surface area (Å²) >= 11 is 0. The highest BCUT2D eigenvalue weighted by Crippen LogP contribution is 2.27. The van der Waals surface area contributed by atoms with Crippen molar-refractivity contribution in [2.45, 2.75) is 38.8 Å². The Morgan fingerprint density at radius 3 is 2.47 bits per heavy atom. The van der Waals surface area contributed by atoms with Crippen molar-refractivity contribution in [1.29, 1.82) is 0 Å². The highest BCUT2D eigenvalue weighted by Gasteiger charge is 2.20. The molecule has 1 heterocycles. The van der Waals surface area contributed by atoms with E-state index in [1.807, 2.05) is 6.07 Å². The quantitative estimate of drug-likeness (QED) is 0.423. The van der Waals surface area contributed by atoms with Crippen LogP contribution in [0.1, 0.15) is 57.7 Å². The smallest absolute Gasteiger partial charge is 0.409 e. The first-order valence-electron chi connectivity index (χ1n) is 12.7. The third-order valence-corrected chi connectivity index (χ3v) is 6.84. The van der Waals surface area contributed by atoms with Crippen LogP contribution < -0.4 is 10.1 Å². The number of fused-ring (bicyclic) bond motifs is 1. The van der Waals surface area contributed by atoms with Crippen LogP contribution in [0.25, 0.3) is 10.9 Å². The highest BCUT2D eigenvalue weighted by molar-refractivity contribution is 5.98. The molecule has 0 spiro atoms. The number of methoxy groups -OCH3 is 2. The second-order valence-corrected chi connectivity index (χ2v) is 9.66.